The number of aliphatic hydroxyl groups is 3. The largest absolute Gasteiger partial charge is 0.397 e. The van der Waals surface area contributed by atoms with Gasteiger partial charge in [-0.2, -0.15) is 5.10 Å². The summed E-state index contributed by atoms with van der Waals surface area (Å²) in [5.74, 6) is 0.232. The van der Waals surface area contributed by atoms with Crippen LogP contribution in [0.1, 0.15) is 11.7 Å². The van der Waals surface area contributed by atoms with Gasteiger partial charge >= 0.3 is 0 Å². The molecule has 4 atom stereocenters. The molecule has 0 saturated carbocycles. The number of fused-ring (bicyclic) bond motifs is 1. The van der Waals surface area contributed by atoms with Gasteiger partial charge in [0.15, 0.2) is 5.82 Å². The fourth-order valence-electron chi connectivity index (χ4n) is 2.63. The van der Waals surface area contributed by atoms with Gasteiger partial charge in [0.2, 0.25) is 0 Å². The Balaban J connectivity index is 2.10. The highest BCUT2D eigenvalue weighted by atomic mass is 16.3. The van der Waals surface area contributed by atoms with Crippen LogP contribution in [0.3, 0.4) is 0 Å². The van der Waals surface area contributed by atoms with Crippen LogP contribution in [0.15, 0.2) is 12.4 Å². The Morgan fingerprint density at radius 2 is 2.05 bits per heavy atom. The highest BCUT2D eigenvalue weighted by Gasteiger charge is 2.42. The number of anilines is 2. The van der Waals surface area contributed by atoms with Crippen molar-refractivity contribution in [2.45, 2.75) is 24.3 Å². The van der Waals surface area contributed by atoms with E-state index in [1.54, 1.807) is 6.07 Å². The molecule has 0 unspecified atom stereocenters. The van der Waals surface area contributed by atoms with E-state index in [1.807, 2.05) is 0 Å². The zero-order valence-corrected chi connectivity index (χ0v) is 10.5. The molecule has 108 valence electrons. The summed E-state index contributed by atoms with van der Waals surface area (Å²) >= 11 is 0. The summed E-state index contributed by atoms with van der Waals surface area (Å²) in [5, 5.41) is 36.1. The van der Waals surface area contributed by atoms with Gasteiger partial charge in [-0.1, -0.05) is 0 Å². The Hall–Kier alpha value is -1.94. The van der Waals surface area contributed by atoms with Gasteiger partial charge in [0.05, 0.1) is 36.2 Å². The van der Waals surface area contributed by atoms with Crippen molar-refractivity contribution in [1.82, 2.24) is 19.9 Å². The van der Waals surface area contributed by atoms with Gasteiger partial charge in [-0.05, 0) is 6.07 Å². The van der Waals surface area contributed by atoms with Crippen molar-refractivity contribution < 1.29 is 15.3 Å². The molecule has 1 saturated heterocycles. The number of aliphatic hydroxyl groups excluding tert-OH is 3. The maximum absolute atomic E-state index is 10.1. The van der Waals surface area contributed by atoms with Gasteiger partial charge in [0.25, 0.3) is 0 Å². The summed E-state index contributed by atoms with van der Waals surface area (Å²) in [6.07, 6.45) is -0.871. The number of nitrogens with one attached hydrogen (secondary N) is 1. The highest BCUT2D eigenvalue weighted by molar-refractivity contribution is 5.81. The van der Waals surface area contributed by atoms with Crippen LogP contribution in [0.4, 0.5) is 11.5 Å². The van der Waals surface area contributed by atoms with Crippen LogP contribution in [-0.2, 0) is 0 Å². The van der Waals surface area contributed by atoms with Crippen molar-refractivity contribution in [3.63, 3.8) is 0 Å². The molecule has 1 aliphatic rings. The minimum absolute atomic E-state index is 0.232. The molecule has 8 N–H and O–H groups in total. The van der Waals surface area contributed by atoms with E-state index >= 15 is 0 Å². The molecule has 1 aliphatic heterocycles. The number of hydrogen-bond donors (Lipinski definition) is 6. The number of aromatic nitrogens is 3. The lowest BCUT2D eigenvalue weighted by Crippen LogP contribution is -2.35. The van der Waals surface area contributed by atoms with E-state index in [0.717, 1.165) is 0 Å². The predicted molar refractivity (Wildman–Crippen MR) is 70.6 cm³/mol. The first-order valence-electron chi connectivity index (χ1n) is 6.15. The molecular formula is C11H16N6O3. The molecule has 0 bridgehead atoms. The first kappa shape index (κ1) is 13.1. The maximum Gasteiger partial charge on any atom is 0.153 e. The topological polar surface area (TPSA) is 155 Å². The van der Waals surface area contributed by atoms with Crippen molar-refractivity contribution in [3.05, 3.63) is 18.1 Å². The molecule has 0 aliphatic carbocycles. The number of hydrogen-bond acceptors (Lipinski definition) is 8. The van der Waals surface area contributed by atoms with Gasteiger partial charge < -0.3 is 26.8 Å². The minimum atomic E-state index is -1.08. The summed E-state index contributed by atoms with van der Waals surface area (Å²) in [6, 6.07) is 0.399. The third-order valence-corrected chi connectivity index (χ3v) is 3.65. The standard InChI is InChI=1S/C11H16N6O3/c12-4-1-6(17-8(4)11(13)14-3-15-17)7-10(20)9(19)5(2-18)16-7/h1,3,5,7,9-10,16,18-20H,2,12H2,(H2,13,14,15)/t5-,7+,9-,10+/m1/s1. The Labute approximate surface area is 113 Å². The molecule has 0 spiro atoms. The van der Waals surface area contributed by atoms with Crippen LogP contribution in [0, 0.1) is 0 Å². The molecule has 3 rings (SSSR count). The lowest BCUT2D eigenvalue weighted by molar-refractivity contribution is 0.0189. The Kier molecular flexibility index (Phi) is 2.98. The van der Waals surface area contributed by atoms with Crippen LogP contribution >= 0.6 is 0 Å². The van der Waals surface area contributed by atoms with Gasteiger partial charge in [0, 0.05) is 0 Å². The SMILES string of the molecule is Nc1cc([C@@H]2N[C@H](CO)[C@@H](O)[C@H]2O)n2ncnc(N)c12. The van der Waals surface area contributed by atoms with E-state index in [4.69, 9.17) is 11.5 Å². The van der Waals surface area contributed by atoms with Crippen LogP contribution in [0.5, 0.6) is 0 Å². The number of nitrogens with zero attached hydrogens (tertiary/aromatic N) is 3. The Morgan fingerprint density at radius 1 is 1.30 bits per heavy atom. The minimum Gasteiger partial charge on any atom is -0.397 e. The Bertz CT molecular complexity index is 644. The molecule has 2 aromatic heterocycles. The monoisotopic (exact) mass is 280 g/mol. The first-order chi connectivity index (χ1) is 9.54. The van der Waals surface area contributed by atoms with Crippen molar-refractivity contribution in [2.75, 3.05) is 18.1 Å². The van der Waals surface area contributed by atoms with E-state index in [1.165, 1.54) is 10.8 Å². The smallest absolute Gasteiger partial charge is 0.153 e. The van der Waals surface area contributed by atoms with Gasteiger partial charge in [0.1, 0.15) is 17.9 Å². The number of nitrogen functional groups attached to an aromatic ring is 2. The zero-order valence-electron chi connectivity index (χ0n) is 10.5. The van der Waals surface area contributed by atoms with Crippen molar-refractivity contribution in [1.29, 1.82) is 0 Å². The molecule has 1 fully saturated rings. The lowest BCUT2D eigenvalue weighted by Gasteiger charge is -2.15. The van der Waals surface area contributed by atoms with Crippen molar-refractivity contribution in [2.24, 2.45) is 0 Å². The summed E-state index contributed by atoms with van der Waals surface area (Å²) in [4.78, 5) is 3.87. The molecule has 9 nitrogen and oxygen atoms in total. The molecule has 2 aromatic rings. The second-order valence-corrected chi connectivity index (χ2v) is 4.84. The second kappa shape index (κ2) is 4.56. The predicted octanol–water partition coefficient (Wildman–Crippen LogP) is -2.38. The highest BCUT2D eigenvalue weighted by Crippen LogP contribution is 2.32. The molecule has 0 amide bonds. The average molecular weight is 280 g/mol. The zero-order chi connectivity index (χ0) is 14.4. The van der Waals surface area contributed by atoms with Crippen LogP contribution in [0.2, 0.25) is 0 Å². The summed E-state index contributed by atoms with van der Waals surface area (Å²) in [5.41, 5.74) is 13.0. The average Bonchev–Trinajstić information content (AvgIpc) is 2.90. The third kappa shape index (κ3) is 1.72. The van der Waals surface area contributed by atoms with Crippen LogP contribution < -0.4 is 16.8 Å². The number of nitrogens with two attached hydrogens (primary N) is 2. The van der Waals surface area contributed by atoms with E-state index in [9.17, 15) is 15.3 Å². The molecule has 3 heterocycles. The summed E-state index contributed by atoms with van der Waals surface area (Å²) in [7, 11) is 0. The molecule has 0 radical (unpaired) electrons. The van der Waals surface area contributed by atoms with Crippen LogP contribution in [-0.4, -0.2) is 54.8 Å². The van der Waals surface area contributed by atoms with E-state index in [0.29, 0.717) is 16.9 Å². The van der Waals surface area contributed by atoms with E-state index < -0.39 is 24.3 Å². The molecular weight excluding hydrogens is 264 g/mol. The summed E-state index contributed by atoms with van der Waals surface area (Å²) in [6.45, 7) is -0.287. The van der Waals surface area contributed by atoms with E-state index in [2.05, 4.69) is 15.4 Å². The van der Waals surface area contributed by atoms with Gasteiger partial charge in [-0.3, -0.25) is 5.32 Å². The first-order valence-corrected chi connectivity index (χ1v) is 6.15. The second-order valence-electron chi connectivity index (χ2n) is 4.84. The summed E-state index contributed by atoms with van der Waals surface area (Å²) < 4.78 is 1.48. The van der Waals surface area contributed by atoms with Crippen molar-refractivity contribution in [3.8, 4) is 0 Å². The van der Waals surface area contributed by atoms with Crippen LogP contribution in [0.25, 0.3) is 5.52 Å². The normalized spacial score (nSPS) is 30.1. The van der Waals surface area contributed by atoms with Gasteiger partial charge in [-0.15, -0.1) is 0 Å². The maximum atomic E-state index is 10.1. The third-order valence-electron chi connectivity index (χ3n) is 3.65. The van der Waals surface area contributed by atoms with Crippen molar-refractivity contribution >= 4 is 17.0 Å². The van der Waals surface area contributed by atoms with Gasteiger partial charge in [-0.25, -0.2) is 9.50 Å². The lowest BCUT2D eigenvalue weighted by atomic mass is 10.1. The molecule has 20 heavy (non-hydrogen) atoms. The fourth-order valence-corrected chi connectivity index (χ4v) is 2.63. The van der Waals surface area contributed by atoms with E-state index in [-0.39, 0.29) is 12.4 Å². The molecule has 9 heteroatoms. The molecule has 0 aromatic carbocycles. The quantitative estimate of drug-likeness (QED) is 0.356. The number of rotatable bonds is 2. The fraction of sp³-hybridized carbons (Fsp3) is 0.455. The Morgan fingerprint density at radius 3 is 2.70 bits per heavy atom.